The average Bonchev–Trinajstić information content (AvgIpc) is 2.62. The Bertz CT molecular complexity index is 285. The van der Waals surface area contributed by atoms with Gasteiger partial charge in [-0.3, -0.25) is 0 Å². The summed E-state index contributed by atoms with van der Waals surface area (Å²) < 4.78 is 7.00. The zero-order chi connectivity index (χ0) is 11.1. The molecule has 1 N–H and O–H groups in total. The average molecular weight is 212 g/mol. The van der Waals surface area contributed by atoms with Gasteiger partial charge in [-0.05, 0) is 19.9 Å². The van der Waals surface area contributed by atoms with Gasteiger partial charge in [-0.2, -0.15) is 0 Å². The molecule has 0 spiro atoms. The highest BCUT2D eigenvalue weighted by molar-refractivity contribution is 5.09. The van der Waals surface area contributed by atoms with Crippen LogP contribution in [-0.4, -0.2) is 35.8 Å². The second-order valence-electron chi connectivity index (χ2n) is 3.44. The topological polar surface area (TPSA) is 52.0 Å². The predicted molar refractivity (Wildman–Crippen MR) is 58.7 cm³/mol. The molecule has 0 fully saturated rings. The molecular weight excluding hydrogens is 192 g/mol. The van der Waals surface area contributed by atoms with Gasteiger partial charge in [-0.15, -0.1) is 5.10 Å². The first-order valence-electron chi connectivity index (χ1n) is 5.38. The molecule has 1 aromatic rings. The standard InChI is InChI=1S/C10H20N4O/c1-4-10-9(8-11-2)12-13-14(10)6-5-7-15-3/h11H,4-8H2,1-3H3. The number of hydrogen-bond acceptors (Lipinski definition) is 4. The van der Waals surface area contributed by atoms with Gasteiger partial charge in [0.25, 0.3) is 0 Å². The Morgan fingerprint density at radius 2 is 2.27 bits per heavy atom. The Morgan fingerprint density at radius 1 is 1.47 bits per heavy atom. The zero-order valence-corrected chi connectivity index (χ0v) is 9.79. The summed E-state index contributed by atoms with van der Waals surface area (Å²) in [7, 11) is 3.64. The van der Waals surface area contributed by atoms with Crippen LogP contribution >= 0.6 is 0 Å². The van der Waals surface area contributed by atoms with Gasteiger partial charge in [-0.25, -0.2) is 4.68 Å². The lowest BCUT2D eigenvalue weighted by molar-refractivity contribution is 0.188. The minimum absolute atomic E-state index is 0.768. The van der Waals surface area contributed by atoms with Gasteiger partial charge in [-0.1, -0.05) is 12.1 Å². The highest BCUT2D eigenvalue weighted by Crippen LogP contribution is 2.06. The highest BCUT2D eigenvalue weighted by atomic mass is 16.5. The van der Waals surface area contributed by atoms with Crippen LogP contribution in [-0.2, 0) is 24.2 Å². The first-order chi connectivity index (χ1) is 7.33. The predicted octanol–water partition coefficient (Wildman–Crippen LogP) is 0.596. The van der Waals surface area contributed by atoms with E-state index in [9.17, 15) is 0 Å². The SMILES string of the molecule is CCc1c(CNC)nnn1CCCOC. The molecule has 0 aromatic carbocycles. The van der Waals surface area contributed by atoms with Crippen LogP contribution in [0, 0.1) is 0 Å². The van der Waals surface area contributed by atoms with E-state index in [1.165, 1.54) is 5.69 Å². The Labute approximate surface area is 90.8 Å². The fourth-order valence-corrected chi connectivity index (χ4v) is 1.60. The largest absolute Gasteiger partial charge is 0.385 e. The van der Waals surface area contributed by atoms with Crippen molar-refractivity contribution >= 4 is 0 Å². The van der Waals surface area contributed by atoms with Crippen molar-refractivity contribution in [2.45, 2.75) is 32.9 Å². The third-order valence-electron chi connectivity index (χ3n) is 2.32. The van der Waals surface area contributed by atoms with E-state index in [2.05, 4.69) is 22.6 Å². The van der Waals surface area contributed by atoms with Gasteiger partial charge in [0.2, 0.25) is 0 Å². The van der Waals surface area contributed by atoms with Crippen molar-refractivity contribution in [2.75, 3.05) is 20.8 Å². The lowest BCUT2D eigenvalue weighted by Crippen LogP contribution is -2.10. The van der Waals surface area contributed by atoms with Gasteiger partial charge >= 0.3 is 0 Å². The quantitative estimate of drug-likeness (QED) is 0.672. The van der Waals surface area contributed by atoms with Crippen molar-refractivity contribution in [1.29, 1.82) is 0 Å². The maximum absolute atomic E-state index is 5.02. The van der Waals surface area contributed by atoms with Crippen molar-refractivity contribution in [1.82, 2.24) is 20.3 Å². The molecule has 0 amide bonds. The Balaban J connectivity index is 2.62. The Morgan fingerprint density at radius 3 is 2.87 bits per heavy atom. The lowest BCUT2D eigenvalue weighted by Gasteiger charge is -2.05. The number of aromatic nitrogens is 3. The molecule has 5 heteroatoms. The second-order valence-corrected chi connectivity index (χ2v) is 3.44. The molecule has 0 bridgehead atoms. The van der Waals surface area contributed by atoms with E-state index >= 15 is 0 Å². The number of aryl methyl sites for hydroxylation is 1. The first-order valence-corrected chi connectivity index (χ1v) is 5.38. The summed E-state index contributed by atoms with van der Waals surface area (Å²) in [5, 5.41) is 11.4. The van der Waals surface area contributed by atoms with Crippen LogP contribution in [0.25, 0.3) is 0 Å². The third-order valence-corrected chi connectivity index (χ3v) is 2.32. The van der Waals surface area contributed by atoms with Crippen LogP contribution in [0.3, 0.4) is 0 Å². The van der Waals surface area contributed by atoms with Gasteiger partial charge in [0.05, 0.1) is 11.4 Å². The van der Waals surface area contributed by atoms with E-state index in [1.807, 2.05) is 11.7 Å². The summed E-state index contributed by atoms with van der Waals surface area (Å²) in [6.45, 7) is 4.57. The highest BCUT2D eigenvalue weighted by Gasteiger charge is 2.09. The van der Waals surface area contributed by atoms with Crippen molar-refractivity contribution in [3.8, 4) is 0 Å². The molecule has 0 aliphatic rings. The van der Waals surface area contributed by atoms with Gasteiger partial charge < -0.3 is 10.1 Å². The molecule has 0 saturated heterocycles. The van der Waals surface area contributed by atoms with Crippen molar-refractivity contribution < 1.29 is 4.74 Å². The molecule has 0 aliphatic heterocycles. The normalized spacial score (nSPS) is 10.9. The lowest BCUT2D eigenvalue weighted by atomic mass is 10.2. The molecule has 0 radical (unpaired) electrons. The van der Waals surface area contributed by atoms with E-state index in [0.717, 1.165) is 38.2 Å². The summed E-state index contributed by atoms with van der Waals surface area (Å²) in [5.74, 6) is 0. The van der Waals surface area contributed by atoms with Crippen LogP contribution in [0.5, 0.6) is 0 Å². The molecule has 1 rings (SSSR count). The third kappa shape index (κ3) is 3.28. The number of rotatable bonds is 7. The van der Waals surface area contributed by atoms with E-state index in [-0.39, 0.29) is 0 Å². The molecule has 0 unspecified atom stereocenters. The molecular formula is C10H20N4O. The fourth-order valence-electron chi connectivity index (χ4n) is 1.60. The monoisotopic (exact) mass is 212 g/mol. The van der Waals surface area contributed by atoms with Crippen LogP contribution < -0.4 is 5.32 Å². The minimum atomic E-state index is 0.768. The molecule has 1 heterocycles. The minimum Gasteiger partial charge on any atom is -0.385 e. The number of ether oxygens (including phenoxy) is 1. The zero-order valence-electron chi connectivity index (χ0n) is 9.79. The van der Waals surface area contributed by atoms with Crippen LogP contribution in [0.4, 0.5) is 0 Å². The van der Waals surface area contributed by atoms with Crippen LogP contribution in [0.15, 0.2) is 0 Å². The van der Waals surface area contributed by atoms with E-state index in [0.29, 0.717) is 0 Å². The number of hydrogen-bond donors (Lipinski definition) is 1. The summed E-state index contributed by atoms with van der Waals surface area (Å²) in [5.41, 5.74) is 2.28. The van der Waals surface area contributed by atoms with E-state index in [4.69, 9.17) is 4.74 Å². The molecule has 15 heavy (non-hydrogen) atoms. The second kappa shape index (κ2) is 6.53. The summed E-state index contributed by atoms with van der Waals surface area (Å²) in [6.07, 6.45) is 1.95. The summed E-state index contributed by atoms with van der Waals surface area (Å²) in [6, 6.07) is 0. The van der Waals surface area contributed by atoms with Crippen molar-refractivity contribution in [3.05, 3.63) is 11.4 Å². The number of nitrogens with one attached hydrogen (secondary N) is 1. The van der Waals surface area contributed by atoms with Crippen molar-refractivity contribution in [3.63, 3.8) is 0 Å². The molecule has 1 aromatic heterocycles. The smallest absolute Gasteiger partial charge is 0.0996 e. The number of methoxy groups -OCH3 is 1. The fraction of sp³-hybridized carbons (Fsp3) is 0.800. The molecule has 0 atom stereocenters. The maximum atomic E-state index is 5.02. The van der Waals surface area contributed by atoms with E-state index < -0.39 is 0 Å². The van der Waals surface area contributed by atoms with Crippen LogP contribution in [0.1, 0.15) is 24.7 Å². The Kier molecular flexibility index (Phi) is 5.28. The maximum Gasteiger partial charge on any atom is 0.0996 e. The van der Waals surface area contributed by atoms with Gasteiger partial charge in [0.15, 0.2) is 0 Å². The van der Waals surface area contributed by atoms with Crippen molar-refractivity contribution in [2.24, 2.45) is 0 Å². The molecule has 5 nitrogen and oxygen atoms in total. The summed E-state index contributed by atoms with van der Waals surface area (Å²) >= 11 is 0. The van der Waals surface area contributed by atoms with Crippen LogP contribution in [0.2, 0.25) is 0 Å². The Hall–Kier alpha value is -0.940. The first kappa shape index (κ1) is 12.1. The van der Waals surface area contributed by atoms with E-state index in [1.54, 1.807) is 7.11 Å². The number of nitrogens with zero attached hydrogens (tertiary/aromatic N) is 3. The van der Waals surface area contributed by atoms with Gasteiger partial charge in [0, 0.05) is 26.8 Å². The molecule has 0 saturated carbocycles. The molecule has 86 valence electrons. The molecule has 0 aliphatic carbocycles. The van der Waals surface area contributed by atoms with Gasteiger partial charge in [0.1, 0.15) is 0 Å². The summed E-state index contributed by atoms with van der Waals surface area (Å²) in [4.78, 5) is 0.